The fourth-order valence-electron chi connectivity index (χ4n) is 1.49. The molecule has 15 heavy (non-hydrogen) atoms. The summed E-state index contributed by atoms with van der Waals surface area (Å²) in [6.45, 7) is 3.66. The summed E-state index contributed by atoms with van der Waals surface area (Å²) in [5.41, 5.74) is 0. The molecule has 5 heteroatoms. The molecule has 0 aromatic carbocycles. The van der Waals surface area contributed by atoms with Gasteiger partial charge in [-0.25, -0.2) is 0 Å². The number of hydrogen-bond acceptors (Lipinski definition) is 4. The van der Waals surface area contributed by atoms with Crippen LogP contribution < -0.4 is 0 Å². The number of hydrogen-bond donors (Lipinski definition) is 0. The molecule has 0 bridgehead atoms. The van der Waals surface area contributed by atoms with E-state index >= 15 is 0 Å². The van der Waals surface area contributed by atoms with Crippen LogP contribution in [-0.2, 0) is 14.4 Å². The van der Waals surface area contributed by atoms with Gasteiger partial charge in [0.25, 0.3) is 0 Å². The van der Waals surface area contributed by atoms with Crippen molar-refractivity contribution >= 4 is 29.4 Å². The largest absolute Gasteiger partial charge is 0.300 e. The molecule has 1 rings (SSSR count). The summed E-state index contributed by atoms with van der Waals surface area (Å²) in [4.78, 5) is 35.1. The van der Waals surface area contributed by atoms with Crippen LogP contribution in [0.1, 0.15) is 26.7 Å². The predicted octanol–water partition coefficient (Wildman–Crippen LogP) is 0.846. The molecule has 0 aromatic rings. The highest BCUT2D eigenvalue weighted by atomic mass is 32.2. The van der Waals surface area contributed by atoms with Gasteiger partial charge in [0, 0.05) is 19.4 Å². The number of likely N-dealkylation sites (tertiary alicyclic amines) is 1. The van der Waals surface area contributed by atoms with Crippen molar-refractivity contribution in [2.24, 2.45) is 0 Å². The molecule has 84 valence electrons. The maximum absolute atomic E-state index is 11.7. The normalized spacial score (nSPS) is 21.2. The lowest BCUT2D eigenvalue weighted by Crippen LogP contribution is -2.33. The first-order chi connectivity index (χ1) is 7.06. The topological polar surface area (TPSA) is 54.5 Å². The molecule has 1 fully saturated rings. The Kier molecular flexibility index (Phi) is 4.32. The lowest BCUT2D eigenvalue weighted by atomic mass is 10.3. The van der Waals surface area contributed by atoms with Gasteiger partial charge in [0.15, 0.2) is 0 Å². The van der Waals surface area contributed by atoms with E-state index in [1.807, 2.05) is 6.92 Å². The summed E-state index contributed by atoms with van der Waals surface area (Å²) in [5, 5.41) is -0.227. The Bertz CT molecular complexity index is 290. The van der Waals surface area contributed by atoms with E-state index in [1.54, 1.807) is 0 Å². The molecule has 1 aliphatic rings. The highest BCUT2D eigenvalue weighted by Gasteiger charge is 2.37. The summed E-state index contributed by atoms with van der Waals surface area (Å²) in [6, 6.07) is 0. The fraction of sp³-hybridized carbons (Fsp3) is 0.700. The summed E-state index contributed by atoms with van der Waals surface area (Å²) in [6.07, 6.45) is 0.552. The van der Waals surface area contributed by atoms with Crippen molar-refractivity contribution in [3.63, 3.8) is 0 Å². The van der Waals surface area contributed by atoms with Crippen LogP contribution >= 0.6 is 11.8 Å². The average molecular weight is 229 g/mol. The fourth-order valence-corrected chi connectivity index (χ4v) is 2.42. The number of Topliss-reactive ketones (excluding diaryl/α,β-unsaturated/α-hetero) is 1. The standard InChI is InChI=1S/C10H15NO3S/c1-3-15-8-6-9(13)11(10(8)14)5-4-7(2)12/h8H,3-6H2,1-2H3. The van der Waals surface area contributed by atoms with Crippen molar-refractivity contribution in [1.82, 2.24) is 4.90 Å². The van der Waals surface area contributed by atoms with E-state index < -0.39 is 0 Å². The number of imide groups is 1. The summed E-state index contributed by atoms with van der Waals surface area (Å²) < 4.78 is 0. The molecule has 0 saturated carbocycles. The van der Waals surface area contributed by atoms with E-state index in [-0.39, 0.29) is 42.2 Å². The molecule has 4 nitrogen and oxygen atoms in total. The van der Waals surface area contributed by atoms with E-state index in [2.05, 4.69) is 0 Å². The molecule has 0 aliphatic carbocycles. The number of carbonyl (C=O) groups is 3. The molecule has 1 saturated heterocycles. The summed E-state index contributed by atoms with van der Waals surface area (Å²) >= 11 is 1.49. The number of thioether (sulfide) groups is 1. The van der Waals surface area contributed by atoms with Gasteiger partial charge in [-0.1, -0.05) is 6.92 Å². The van der Waals surface area contributed by atoms with Gasteiger partial charge >= 0.3 is 0 Å². The van der Waals surface area contributed by atoms with Crippen LogP contribution in [0.25, 0.3) is 0 Å². The molecular weight excluding hydrogens is 214 g/mol. The van der Waals surface area contributed by atoms with Crippen molar-refractivity contribution in [3.8, 4) is 0 Å². The Labute approximate surface area is 93.4 Å². The van der Waals surface area contributed by atoms with Crippen LogP contribution in [0.15, 0.2) is 0 Å². The quantitative estimate of drug-likeness (QED) is 0.656. The SMILES string of the molecule is CCSC1CC(=O)N(CCC(C)=O)C1=O. The van der Waals surface area contributed by atoms with Crippen LogP contribution in [0.3, 0.4) is 0 Å². The Morgan fingerprint density at radius 1 is 1.53 bits per heavy atom. The van der Waals surface area contributed by atoms with Gasteiger partial charge in [0.1, 0.15) is 5.78 Å². The first-order valence-corrected chi connectivity index (χ1v) is 6.06. The van der Waals surface area contributed by atoms with Crippen molar-refractivity contribution in [1.29, 1.82) is 0 Å². The first-order valence-electron chi connectivity index (χ1n) is 5.01. The Hall–Kier alpha value is -0.840. The van der Waals surface area contributed by atoms with Gasteiger partial charge in [-0.3, -0.25) is 19.3 Å². The van der Waals surface area contributed by atoms with E-state index in [4.69, 9.17) is 0 Å². The van der Waals surface area contributed by atoms with E-state index in [0.717, 1.165) is 5.75 Å². The number of nitrogens with zero attached hydrogens (tertiary/aromatic N) is 1. The Morgan fingerprint density at radius 2 is 2.20 bits per heavy atom. The average Bonchev–Trinajstić information content (AvgIpc) is 2.40. The molecule has 1 aliphatic heterocycles. The number of carbonyl (C=O) groups excluding carboxylic acids is 3. The van der Waals surface area contributed by atoms with E-state index in [9.17, 15) is 14.4 Å². The molecule has 0 radical (unpaired) electrons. The lowest BCUT2D eigenvalue weighted by Gasteiger charge is -2.13. The first kappa shape index (κ1) is 12.2. The minimum Gasteiger partial charge on any atom is -0.300 e. The minimum absolute atomic E-state index is 0.00203. The third kappa shape index (κ3) is 3.06. The minimum atomic E-state index is -0.227. The van der Waals surface area contributed by atoms with Crippen LogP contribution in [0.5, 0.6) is 0 Å². The molecule has 0 N–H and O–H groups in total. The zero-order chi connectivity index (χ0) is 11.4. The highest BCUT2D eigenvalue weighted by Crippen LogP contribution is 2.24. The molecular formula is C10H15NO3S. The predicted molar refractivity (Wildman–Crippen MR) is 58.6 cm³/mol. The van der Waals surface area contributed by atoms with Gasteiger partial charge in [-0.05, 0) is 12.7 Å². The molecule has 0 aromatic heterocycles. The highest BCUT2D eigenvalue weighted by molar-refractivity contribution is 8.00. The van der Waals surface area contributed by atoms with Gasteiger partial charge in [0.05, 0.1) is 5.25 Å². The number of rotatable bonds is 5. The van der Waals surface area contributed by atoms with Gasteiger partial charge in [-0.15, -0.1) is 11.8 Å². The summed E-state index contributed by atoms with van der Waals surface area (Å²) in [7, 11) is 0. The van der Waals surface area contributed by atoms with Crippen molar-refractivity contribution in [3.05, 3.63) is 0 Å². The Morgan fingerprint density at radius 3 is 2.73 bits per heavy atom. The van der Waals surface area contributed by atoms with E-state index in [1.165, 1.54) is 23.6 Å². The maximum Gasteiger partial charge on any atom is 0.242 e. The second-order valence-electron chi connectivity index (χ2n) is 3.48. The van der Waals surface area contributed by atoms with Crippen LogP contribution in [0.2, 0.25) is 0 Å². The van der Waals surface area contributed by atoms with E-state index in [0.29, 0.717) is 0 Å². The second-order valence-corrected chi connectivity index (χ2v) is 4.96. The third-order valence-corrected chi connectivity index (χ3v) is 3.36. The second kappa shape index (κ2) is 5.30. The molecule has 1 unspecified atom stereocenters. The maximum atomic E-state index is 11.7. The molecule has 1 atom stereocenters. The van der Waals surface area contributed by atoms with Crippen LogP contribution in [-0.4, -0.2) is 40.0 Å². The van der Waals surface area contributed by atoms with Crippen molar-refractivity contribution < 1.29 is 14.4 Å². The van der Waals surface area contributed by atoms with Crippen molar-refractivity contribution in [2.45, 2.75) is 31.9 Å². The monoisotopic (exact) mass is 229 g/mol. The molecule has 1 heterocycles. The van der Waals surface area contributed by atoms with Gasteiger partial charge in [-0.2, -0.15) is 0 Å². The van der Waals surface area contributed by atoms with Gasteiger partial charge in [0.2, 0.25) is 11.8 Å². The van der Waals surface area contributed by atoms with Gasteiger partial charge < -0.3 is 0 Å². The number of amides is 2. The van der Waals surface area contributed by atoms with Crippen molar-refractivity contribution in [2.75, 3.05) is 12.3 Å². The zero-order valence-corrected chi connectivity index (χ0v) is 9.80. The Balaban J connectivity index is 2.54. The lowest BCUT2D eigenvalue weighted by molar-refractivity contribution is -0.138. The molecule has 0 spiro atoms. The molecule has 2 amide bonds. The third-order valence-electron chi connectivity index (χ3n) is 2.26. The number of ketones is 1. The smallest absolute Gasteiger partial charge is 0.242 e. The van der Waals surface area contributed by atoms with Crippen LogP contribution in [0.4, 0.5) is 0 Å². The van der Waals surface area contributed by atoms with Crippen LogP contribution in [0, 0.1) is 0 Å². The summed E-state index contributed by atoms with van der Waals surface area (Å²) in [5.74, 6) is 0.548. The zero-order valence-electron chi connectivity index (χ0n) is 8.99.